The zero-order chi connectivity index (χ0) is 12.9. The molecule has 110 valence electrons. The molecule has 0 spiro atoms. The standard InChI is InChI=1S/C11H25N3O3.HI/c1-10(9-16-4)14-11(12-2)13-5-6-17-8-7-15-3;/h10H,5-9H2,1-4H3,(H2,12,13,14);1H. The molecule has 0 aliphatic carbocycles. The molecule has 1 unspecified atom stereocenters. The fourth-order valence-corrected chi connectivity index (χ4v) is 1.21. The lowest BCUT2D eigenvalue weighted by molar-refractivity contribution is 0.0733. The summed E-state index contributed by atoms with van der Waals surface area (Å²) in [6, 6.07) is 0.223. The van der Waals surface area contributed by atoms with Crippen LogP contribution in [0.1, 0.15) is 6.92 Å². The van der Waals surface area contributed by atoms with Gasteiger partial charge in [0.2, 0.25) is 0 Å². The molecule has 6 nitrogen and oxygen atoms in total. The number of nitrogens with zero attached hydrogens (tertiary/aromatic N) is 1. The second-order valence-corrected chi connectivity index (χ2v) is 3.60. The van der Waals surface area contributed by atoms with E-state index in [4.69, 9.17) is 14.2 Å². The van der Waals surface area contributed by atoms with E-state index >= 15 is 0 Å². The first-order valence-corrected chi connectivity index (χ1v) is 5.77. The number of nitrogens with one attached hydrogen (secondary N) is 2. The molecule has 0 fully saturated rings. The topological polar surface area (TPSA) is 64.1 Å². The lowest BCUT2D eigenvalue weighted by atomic mass is 10.4. The summed E-state index contributed by atoms with van der Waals surface area (Å²) in [5, 5.41) is 6.36. The van der Waals surface area contributed by atoms with Crippen LogP contribution in [0.2, 0.25) is 0 Å². The van der Waals surface area contributed by atoms with Crippen LogP contribution >= 0.6 is 24.0 Å². The average molecular weight is 375 g/mol. The fourth-order valence-electron chi connectivity index (χ4n) is 1.21. The molecule has 0 aliphatic heterocycles. The Morgan fingerprint density at radius 2 is 1.89 bits per heavy atom. The van der Waals surface area contributed by atoms with E-state index < -0.39 is 0 Å². The van der Waals surface area contributed by atoms with Gasteiger partial charge in [-0.1, -0.05) is 0 Å². The summed E-state index contributed by atoms with van der Waals surface area (Å²) in [7, 11) is 5.07. The second-order valence-electron chi connectivity index (χ2n) is 3.60. The maximum atomic E-state index is 5.33. The largest absolute Gasteiger partial charge is 0.383 e. The maximum absolute atomic E-state index is 5.33. The molecular formula is C11H26IN3O3. The van der Waals surface area contributed by atoms with Gasteiger partial charge < -0.3 is 24.8 Å². The van der Waals surface area contributed by atoms with Gasteiger partial charge in [0.05, 0.1) is 26.4 Å². The smallest absolute Gasteiger partial charge is 0.191 e. The van der Waals surface area contributed by atoms with Crippen LogP contribution in [0.15, 0.2) is 4.99 Å². The molecule has 7 heteroatoms. The lowest BCUT2D eigenvalue weighted by Crippen LogP contribution is -2.44. The summed E-state index contributed by atoms with van der Waals surface area (Å²) in [5.41, 5.74) is 0. The van der Waals surface area contributed by atoms with Gasteiger partial charge in [0, 0.05) is 33.9 Å². The number of hydrogen-bond donors (Lipinski definition) is 2. The zero-order valence-corrected chi connectivity index (χ0v) is 14.0. The number of aliphatic imine (C=N–C) groups is 1. The van der Waals surface area contributed by atoms with Crippen LogP contribution in [0.3, 0.4) is 0 Å². The SMILES string of the molecule is CN=C(NCCOCCOC)NC(C)COC.I. The Bertz CT molecular complexity index is 206. The molecule has 0 aliphatic rings. The van der Waals surface area contributed by atoms with E-state index in [-0.39, 0.29) is 30.0 Å². The van der Waals surface area contributed by atoms with Crippen LogP contribution in [0, 0.1) is 0 Å². The van der Waals surface area contributed by atoms with Gasteiger partial charge in [0.15, 0.2) is 5.96 Å². The first-order chi connectivity index (χ1) is 8.24. The first-order valence-electron chi connectivity index (χ1n) is 5.77. The molecular weight excluding hydrogens is 349 g/mol. The average Bonchev–Trinajstić information content (AvgIpc) is 2.32. The quantitative estimate of drug-likeness (QED) is 0.266. The van der Waals surface area contributed by atoms with Gasteiger partial charge in [-0.15, -0.1) is 24.0 Å². The Labute approximate surface area is 127 Å². The monoisotopic (exact) mass is 375 g/mol. The molecule has 0 aromatic heterocycles. The van der Waals surface area contributed by atoms with E-state index in [9.17, 15) is 0 Å². The van der Waals surface area contributed by atoms with Gasteiger partial charge in [0.1, 0.15) is 0 Å². The summed E-state index contributed by atoms with van der Waals surface area (Å²) < 4.78 is 15.2. The van der Waals surface area contributed by atoms with Crippen molar-refractivity contribution < 1.29 is 14.2 Å². The van der Waals surface area contributed by atoms with E-state index in [0.29, 0.717) is 33.0 Å². The van der Waals surface area contributed by atoms with Gasteiger partial charge in [-0.3, -0.25) is 4.99 Å². The van der Waals surface area contributed by atoms with Crippen molar-refractivity contribution in [2.45, 2.75) is 13.0 Å². The Morgan fingerprint density at radius 1 is 1.17 bits per heavy atom. The Hall–Kier alpha value is -0.120. The number of ether oxygens (including phenoxy) is 3. The van der Waals surface area contributed by atoms with Crippen LogP contribution < -0.4 is 10.6 Å². The molecule has 0 aromatic carbocycles. The van der Waals surface area contributed by atoms with Gasteiger partial charge >= 0.3 is 0 Å². The van der Waals surface area contributed by atoms with Gasteiger partial charge in [-0.05, 0) is 6.92 Å². The van der Waals surface area contributed by atoms with Crippen molar-refractivity contribution in [1.82, 2.24) is 10.6 Å². The van der Waals surface area contributed by atoms with E-state index in [1.165, 1.54) is 0 Å². The summed E-state index contributed by atoms with van der Waals surface area (Å²) in [4.78, 5) is 4.10. The lowest BCUT2D eigenvalue weighted by Gasteiger charge is -2.17. The third kappa shape index (κ3) is 12.3. The van der Waals surface area contributed by atoms with E-state index in [1.807, 2.05) is 6.92 Å². The Morgan fingerprint density at radius 3 is 2.44 bits per heavy atom. The van der Waals surface area contributed by atoms with Crippen molar-refractivity contribution in [1.29, 1.82) is 0 Å². The molecule has 0 heterocycles. The molecule has 18 heavy (non-hydrogen) atoms. The predicted molar refractivity (Wildman–Crippen MR) is 83.9 cm³/mol. The summed E-state index contributed by atoms with van der Waals surface area (Å²) in [6.07, 6.45) is 0. The van der Waals surface area contributed by atoms with Crippen LogP contribution in [0.5, 0.6) is 0 Å². The van der Waals surface area contributed by atoms with Crippen LogP contribution in [0.4, 0.5) is 0 Å². The maximum Gasteiger partial charge on any atom is 0.191 e. The molecule has 0 saturated heterocycles. The molecule has 0 aromatic rings. The Balaban J connectivity index is 0. The highest BCUT2D eigenvalue weighted by Gasteiger charge is 2.03. The Kier molecular flexibility index (Phi) is 16.8. The van der Waals surface area contributed by atoms with E-state index in [1.54, 1.807) is 21.3 Å². The number of methoxy groups -OCH3 is 2. The van der Waals surface area contributed by atoms with E-state index in [0.717, 1.165) is 5.96 Å². The highest BCUT2D eigenvalue weighted by atomic mass is 127. The molecule has 1 atom stereocenters. The van der Waals surface area contributed by atoms with Crippen molar-refractivity contribution >= 4 is 29.9 Å². The van der Waals surface area contributed by atoms with Gasteiger partial charge in [-0.25, -0.2) is 0 Å². The molecule has 0 bridgehead atoms. The first kappa shape index (κ1) is 20.2. The zero-order valence-electron chi connectivity index (χ0n) is 11.7. The number of halogens is 1. The second kappa shape index (κ2) is 14.9. The summed E-state index contributed by atoms with van der Waals surface area (Å²) >= 11 is 0. The highest BCUT2D eigenvalue weighted by Crippen LogP contribution is 1.82. The van der Waals surface area contributed by atoms with Crippen molar-refractivity contribution in [3.63, 3.8) is 0 Å². The van der Waals surface area contributed by atoms with Crippen molar-refractivity contribution in [3.8, 4) is 0 Å². The van der Waals surface area contributed by atoms with Crippen LogP contribution in [0.25, 0.3) is 0 Å². The van der Waals surface area contributed by atoms with Crippen LogP contribution in [-0.4, -0.2) is 66.2 Å². The third-order valence-electron chi connectivity index (χ3n) is 1.99. The highest BCUT2D eigenvalue weighted by molar-refractivity contribution is 14.0. The van der Waals surface area contributed by atoms with E-state index in [2.05, 4.69) is 15.6 Å². The minimum Gasteiger partial charge on any atom is -0.383 e. The summed E-state index contributed by atoms with van der Waals surface area (Å²) in [5.74, 6) is 0.755. The van der Waals surface area contributed by atoms with Gasteiger partial charge in [0.25, 0.3) is 0 Å². The van der Waals surface area contributed by atoms with Crippen LogP contribution in [-0.2, 0) is 14.2 Å². The molecule has 0 amide bonds. The molecule has 2 N–H and O–H groups in total. The molecule has 0 rings (SSSR count). The normalized spacial score (nSPS) is 12.8. The predicted octanol–water partition coefficient (Wildman–Crippen LogP) is 0.467. The minimum absolute atomic E-state index is 0. The molecule has 0 radical (unpaired) electrons. The molecule has 0 saturated carbocycles. The number of rotatable bonds is 9. The van der Waals surface area contributed by atoms with Gasteiger partial charge in [-0.2, -0.15) is 0 Å². The number of guanidine groups is 1. The minimum atomic E-state index is 0. The number of hydrogen-bond acceptors (Lipinski definition) is 4. The van der Waals surface area contributed by atoms with Crippen molar-refractivity contribution in [3.05, 3.63) is 0 Å². The van der Waals surface area contributed by atoms with Crippen molar-refractivity contribution in [2.24, 2.45) is 4.99 Å². The third-order valence-corrected chi connectivity index (χ3v) is 1.99. The van der Waals surface area contributed by atoms with Crippen molar-refractivity contribution in [2.75, 3.05) is 54.2 Å². The fraction of sp³-hybridized carbons (Fsp3) is 0.909. The summed E-state index contributed by atoms with van der Waals surface area (Å²) in [6.45, 7) is 5.25.